The zero-order chi connectivity index (χ0) is 53.9. The number of nitrogens with zero attached hydrogens (tertiary/aromatic N) is 2. The second-order valence-corrected chi connectivity index (χ2v) is 23.7. The van der Waals surface area contributed by atoms with Gasteiger partial charge in [0.25, 0.3) is 0 Å². The maximum Gasteiger partial charge on any atom is 0.342 e. The average Bonchev–Trinajstić information content (AvgIpc) is 3.47. The van der Waals surface area contributed by atoms with Gasteiger partial charge in [-0.05, 0) is 129 Å². The van der Waals surface area contributed by atoms with Gasteiger partial charge in [0.1, 0.15) is 33.8 Å². The monoisotopic (exact) mass is 1030 g/mol. The maximum absolute atomic E-state index is 7.46. The molecule has 6 nitrogen and oxygen atoms in total. The van der Waals surface area contributed by atoms with Crippen molar-refractivity contribution in [3.05, 3.63) is 229 Å². The lowest BCUT2D eigenvalue weighted by atomic mass is 9.37. The molecule has 4 aromatic heterocycles. The van der Waals surface area contributed by atoms with E-state index in [1.165, 1.54) is 11.1 Å². The van der Waals surface area contributed by atoms with Crippen molar-refractivity contribution in [2.75, 3.05) is 9.80 Å². The Morgan fingerprint density at radius 3 is 1.87 bits per heavy atom. The normalized spacial score (nSPS) is 15.0. The molecule has 1 unspecified atom stereocenters. The first-order valence-corrected chi connectivity index (χ1v) is 27.7. The largest absolute Gasteiger partial charge is 0.468 e. The summed E-state index contributed by atoms with van der Waals surface area (Å²) in [6.45, 7) is 19.5. The van der Waals surface area contributed by atoms with Crippen LogP contribution in [-0.4, -0.2) is 6.71 Å². The number of hydrogen-bond acceptors (Lipinski definition) is 6. The van der Waals surface area contributed by atoms with Crippen molar-refractivity contribution >= 4 is 96.6 Å². The summed E-state index contributed by atoms with van der Waals surface area (Å²) in [6.07, 6.45) is 20.1. The minimum atomic E-state index is -0.394. The zero-order valence-electron chi connectivity index (χ0n) is 45.9. The smallest absolute Gasteiger partial charge is 0.342 e. The van der Waals surface area contributed by atoms with Gasteiger partial charge in [0.2, 0.25) is 0 Å². The van der Waals surface area contributed by atoms with E-state index in [0.29, 0.717) is 12.3 Å². The molecule has 386 valence electrons. The number of rotatable bonds is 9. The highest BCUT2D eigenvalue weighted by Gasteiger charge is 2.50. The highest BCUT2D eigenvalue weighted by Crippen LogP contribution is 2.53. The van der Waals surface area contributed by atoms with Crippen LogP contribution in [-0.2, 0) is 17.3 Å². The van der Waals surface area contributed by atoms with Crippen molar-refractivity contribution < 1.29 is 17.7 Å². The molecule has 3 aliphatic rings. The molecule has 79 heavy (non-hydrogen) atoms. The van der Waals surface area contributed by atoms with Crippen LogP contribution < -0.4 is 26.6 Å². The standard InChI is InChI=1S/C72H61BN2O4/c1-9-10-11-12-14-24-48-38-46(56-42-76-62-29-18-17-25-51(56)62)30-34-58(48)74-60-27-20-28-61-65(60)73(69-66(74)54-40-49(71(3,4)5)32-36-63(54)78-69)70-67(55-41-50(72(6,7)8)33-37-64(55)79-70)75(61)59-35-31-47(39-53(59)45-22-15-13-16-23-45)57-43-77-68-44(2)21-19-26-52(57)68/h9-20,22-23,25-44H,1,21,24H2,2-8H3/b11-10-,14-12-. The Morgan fingerprint density at radius 1 is 0.557 bits per heavy atom. The molecule has 0 spiro atoms. The molecule has 0 N–H and O–H groups in total. The molecule has 1 aliphatic carbocycles. The summed E-state index contributed by atoms with van der Waals surface area (Å²) >= 11 is 0. The van der Waals surface area contributed by atoms with E-state index in [2.05, 4.69) is 223 Å². The molecule has 0 radical (unpaired) electrons. The molecule has 7 heteroatoms. The van der Waals surface area contributed by atoms with Crippen LogP contribution in [0.2, 0.25) is 0 Å². The van der Waals surface area contributed by atoms with Crippen LogP contribution in [0.15, 0.2) is 219 Å². The van der Waals surface area contributed by atoms with Crippen molar-refractivity contribution in [1.82, 2.24) is 0 Å². The third kappa shape index (κ3) is 7.84. The molecule has 11 aromatic rings. The molecule has 14 rings (SSSR count). The van der Waals surface area contributed by atoms with Gasteiger partial charge in [-0.15, -0.1) is 0 Å². The molecule has 0 fully saturated rings. The Balaban J connectivity index is 1.06. The van der Waals surface area contributed by atoms with Gasteiger partial charge in [0, 0.05) is 61.4 Å². The molecule has 0 saturated carbocycles. The number of anilines is 6. The number of benzene rings is 7. The fourth-order valence-corrected chi connectivity index (χ4v) is 12.5. The third-order valence-electron chi connectivity index (χ3n) is 16.6. The molecular weight excluding hydrogens is 968 g/mol. The third-order valence-corrected chi connectivity index (χ3v) is 16.6. The van der Waals surface area contributed by atoms with Gasteiger partial charge < -0.3 is 27.5 Å². The van der Waals surface area contributed by atoms with Crippen LogP contribution in [0.4, 0.5) is 34.1 Å². The summed E-state index contributed by atoms with van der Waals surface area (Å²) in [6, 6.07) is 53.3. The van der Waals surface area contributed by atoms with Crippen LogP contribution >= 0.6 is 0 Å². The summed E-state index contributed by atoms with van der Waals surface area (Å²) in [4.78, 5) is 4.98. The van der Waals surface area contributed by atoms with Gasteiger partial charge >= 0.3 is 6.71 Å². The van der Waals surface area contributed by atoms with Crippen molar-refractivity contribution in [3.63, 3.8) is 0 Å². The first-order chi connectivity index (χ1) is 38.3. The van der Waals surface area contributed by atoms with E-state index >= 15 is 0 Å². The Labute approximate surface area is 462 Å². The molecule has 0 bridgehead atoms. The number of para-hydroxylation sites is 1. The summed E-state index contributed by atoms with van der Waals surface area (Å²) in [5.74, 6) is 1.36. The molecule has 0 amide bonds. The predicted molar refractivity (Wildman–Crippen MR) is 330 cm³/mol. The van der Waals surface area contributed by atoms with Gasteiger partial charge in [-0.1, -0.05) is 176 Å². The fraction of sp³-hybridized carbons (Fsp3) is 0.167. The lowest BCUT2D eigenvalue weighted by Gasteiger charge is -2.41. The minimum absolute atomic E-state index is 0.118. The zero-order valence-corrected chi connectivity index (χ0v) is 45.9. The van der Waals surface area contributed by atoms with Crippen LogP contribution in [0, 0.1) is 0 Å². The Hall–Kier alpha value is -8.94. The van der Waals surface area contributed by atoms with Crippen molar-refractivity contribution in [2.45, 2.75) is 78.1 Å². The first-order valence-electron chi connectivity index (χ1n) is 27.7. The van der Waals surface area contributed by atoms with Crippen molar-refractivity contribution in [2.24, 2.45) is 0 Å². The van der Waals surface area contributed by atoms with Gasteiger partial charge in [0.15, 0.2) is 0 Å². The molecule has 2 aliphatic heterocycles. The fourth-order valence-electron chi connectivity index (χ4n) is 12.5. The van der Waals surface area contributed by atoms with Crippen molar-refractivity contribution in [1.29, 1.82) is 0 Å². The Bertz CT molecular complexity index is 4350. The minimum Gasteiger partial charge on any atom is -0.468 e. The maximum atomic E-state index is 7.46. The quantitative estimate of drug-likeness (QED) is 0.106. The lowest BCUT2D eigenvalue weighted by Crippen LogP contribution is -2.60. The van der Waals surface area contributed by atoms with E-state index in [9.17, 15) is 0 Å². The first kappa shape index (κ1) is 48.4. The second-order valence-electron chi connectivity index (χ2n) is 23.7. The molecule has 1 atom stereocenters. The van der Waals surface area contributed by atoms with Gasteiger partial charge in [-0.2, -0.15) is 0 Å². The Kier molecular flexibility index (Phi) is 11.2. The lowest BCUT2D eigenvalue weighted by molar-refractivity contribution is 0.473. The Morgan fingerprint density at radius 2 is 1.19 bits per heavy atom. The summed E-state index contributed by atoms with van der Waals surface area (Å²) in [5, 5.41) is 3.19. The van der Waals surface area contributed by atoms with Crippen LogP contribution in [0.25, 0.3) is 72.4 Å². The predicted octanol–water partition coefficient (Wildman–Crippen LogP) is 18.6. The molecular formula is C72H61BN2O4. The highest BCUT2D eigenvalue weighted by atomic mass is 16.4. The summed E-state index contributed by atoms with van der Waals surface area (Å²) in [7, 11) is 0. The van der Waals surface area contributed by atoms with E-state index in [1.54, 1.807) is 0 Å². The van der Waals surface area contributed by atoms with E-state index < -0.39 is 6.71 Å². The molecule has 7 aromatic carbocycles. The number of allylic oxidation sites excluding steroid dienone is 6. The summed E-state index contributed by atoms with van der Waals surface area (Å²) in [5.41, 5.74) is 22.7. The number of hydrogen-bond donors (Lipinski definition) is 0. The second kappa shape index (κ2) is 18.3. The van der Waals surface area contributed by atoms with E-state index in [1.807, 2.05) is 42.9 Å². The van der Waals surface area contributed by atoms with E-state index in [-0.39, 0.29) is 10.8 Å². The summed E-state index contributed by atoms with van der Waals surface area (Å²) < 4.78 is 27.4. The number of furan rings is 4. The van der Waals surface area contributed by atoms with Gasteiger partial charge in [0.05, 0.1) is 29.6 Å². The number of fused-ring (bicyclic) bond motifs is 10. The van der Waals surface area contributed by atoms with Crippen molar-refractivity contribution in [3.8, 4) is 33.4 Å². The van der Waals surface area contributed by atoms with E-state index in [4.69, 9.17) is 17.7 Å². The van der Waals surface area contributed by atoms with Crippen LogP contribution in [0.5, 0.6) is 0 Å². The average molecular weight is 1030 g/mol. The van der Waals surface area contributed by atoms with Gasteiger partial charge in [-0.25, -0.2) is 0 Å². The van der Waals surface area contributed by atoms with Gasteiger partial charge in [-0.3, -0.25) is 0 Å². The van der Waals surface area contributed by atoms with E-state index in [0.717, 1.165) is 141 Å². The molecule has 0 saturated heterocycles. The SMILES string of the molecule is C=C/C=C\C=C/Cc1cc(-c2coc3ccccc23)ccc1N1c2cccc3c2B(c2oc4ccc(C(C)(C)C)cc4c21)c1oc2ccc(C(C)(C)C)cc2c1N3c1ccc(-c2coc3c2C=CCC3C)cc1-c1ccccc1. The topological polar surface area (TPSA) is 59.0 Å². The van der Waals surface area contributed by atoms with Crippen LogP contribution in [0.3, 0.4) is 0 Å². The van der Waals surface area contributed by atoms with Crippen LogP contribution in [0.1, 0.15) is 88.8 Å². The highest BCUT2D eigenvalue weighted by molar-refractivity contribution is 6.99. The molecule has 6 heterocycles.